The Kier molecular flexibility index (Phi) is 8.32. The number of likely N-dealkylation sites (tertiary alicyclic amines) is 1. The van der Waals surface area contributed by atoms with Crippen LogP contribution >= 0.6 is 12.6 Å². The van der Waals surface area contributed by atoms with Crippen LogP contribution in [0.3, 0.4) is 0 Å². The number of nitrogens with zero attached hydrogens (tertiary/aromatic N) is 1. The molecule has 146 valence electrons. The predicted molar refractivity (Wildman–Crippen MR) is 91.4 cm³/mol. The molecule has 1 fully saturated rings. The molecule has 3 atom stereocenters. The minimum atomic E-state index is -1.43. The number of carboxylic acids is 2. The Morgan fingerprint density at radius 2 is 1.88 bits per heavy atom. The van der Waals surface area contributed by atoms with Gasteiger partial charge in [0.1, 0.15) is 12.1 Å². The van der Waals surface area contributed by atoms with E-state index in [1.54, 1.807) is 0 Å². The van der Waals surface area contributed by atoms with Crippen LogP contribution in [0.1, 0.15) is 19.3 Å². The first-order valence-corrected chi connectivity index (χ1v) is 8.49. The predicted octanol–water partition coefficient (Wildman–Crippen LogP) is -2.61. The fourth-order valence-corrected chi connectivity index (χ4v) is 2.65. The van der Waals surface area contributed by atoms with Gasteiger partial charge in [-0.1, -0.05) is 0 Å². The molecule has 0 bridgehead atoms. The summed E-state index contributed by atoms with van der Waals surface area (Å²) in [5.41, 5.74) is 5.43. The van der Waals surface area contributed by atoms with Crippen LogP contribution in [0.15, 0.2) is 0 Å². The van der Waals surface area contributed by atoms with Crippen LogP contribution in [0.2, 0.25) is 0 Å². The van der Waals surface area contributed by atoms with Gasteiger partial charge in [0.05, 0.1) is 19.0 Å². The molecule has 0 aromatic heterocycles. The van der Waals surface area contributed by atoms with E-state index in [-0.39, 0.29) is 18.7 Å². The normalized spacial score (nSPS) is 18.7. The fourth-order valence-electron chi connectivity index (χ4n) is 2.49. The molecule has 0 aliphatic carbocycles. The van der Waals surface area contributed by atoms with Crippen molar-refractivity contribution in [2.45, 2.75) is 37.4 Å². The van der Waals surface area contributed by atoms with Gasteiger partial charge in [-0.2, -0.15) is 12.6 Å². The molecule has 0 radical (unpaired) electrons. The van der Waals surface area contributed by atoms with E-state index in [1.807, 2.05) is 0 Å². The molecule has 26 heavy (non-hydrogen) atoms. The Balaban J connectivity index is 2.72. The maximum atomic E-state index is 12.5. The third kappa shape index (κ3) is 6.19. The van der Waals surface area contributed by atoms with Crippen molar-refractivity contribution in [2.75, 3.05) is 18.8 Å². The molecule has 1 aliphatic heterocycles. The van der Waals surface area contributed by atoms with Gasteiger partial charge in [-0.15, -0.1) is 0 Å². The summed E-state index contributed by atoms with van der Waals surface area (Å²) in [5, 5.41) is 22.5. The highest BCUT2D eigenvalue weighted by molar-refractivity contribution is 7.80. The van der Waals surface area contributed by atoms with Gasteiger partial charge in [-0.3, -0.25) is 19.2 Å². The number of amides is 3. The molecule has 12 heteroatoms. The molecule has 11 nitrogen and oxygen atoms in total. The molecule has 1 saturated heterocycles. The van der Waals surface area contributed by atoms with E-state index in [1.165, 1.54) is 0 Å². The second-order valence-corrected chi connectivity index (χ2v) is 6.12. The highest BCUT2D eigenvalue weighted by Crippen LogP contribution is 2.19. The lowest BCUT2D eigenvalue weighted by Gasteiger charge is -2.26. The molecule has 0 aromatic carbocycles. The number of rotatable bonds is 9. The van der Waals surface area contributed by atoms with E-state index in [9.17, 15) is 24.0 Å². The topological polar surface area (TPSA) is 179 Å². The molecule has 1 rings (SSSR count). The number of hydrogen-bond acceptors (Lipinski definition) is 7. The van der Waals surface area contributed by atoms with Crippen molar-refractivity contribution in [1.29, 1.82) is 0 Å². The summed E-state index contributed by atoms with van der Waals surface area (Å²) in [7, 11) is 0. The molecular weight excluding hydrogens is 368 g/mol. The van der Waals surface area contributed by atoms with E-state index < -0.39 is 60.8 Å². The minimum absolute atomic E-state index is 0.0686. The molecule has 3 unspecified atom stereocenters. The number of nitrogens with one attached hydrogen (secondary N) is 2. The van der Waals surface area contributed by atoms with Gasteiger partial charge in [-0.05, 0) is 12.8 Å². The zero-order valence-corrected chi connectivity index (χ0v) is 14.8. The van der Waals surface area contributed by atoms with E-state index in [0.717, 1.165) is 4.90 Å². The maximum absolute atomic E-state index is 12.5. The molecular formula is C14H22N4O7S. The third-order valence-electron chi connectivity index (χ3n) is 3.79. The summed E-state index contributed by atoms with van der Waals surface area (Å²) < 4.78 is 0. The number of hydrogen-bond donors (Lipinski definition) is 6. The largest absolute Gasteiger partial charge is 0.481 e. The lowest BCUT2D eigenvalue weighted by atomic mass is 10.1. The molecule has 0 saturated carbocycles. The molecule has 1 aliphatic rings. The monoisotopic (exact) mass is 390 g/mol. The zero-order chi connectivity index (χ0) is 19.9. The van der Waals surface area contributed by atoms with Crippen LogP contribution in [-0.2, 0) is 24.0 Å². The second kappa shape index (κ2) is 9.97. The molecule has 3 amide bonds. The Labute approximate surface area is 154 Å². The fraction of sp³-hybridized carbons (Fsp3) is 0.643. The van der Waals surface area contributed by atoms with Crippen molar-refractivity contribution in [3.05, 3.63) is 0 Å². The summed E-state index contributed by atoms with van der Waals surface area (Å²) in [6.07, 6.45) is 0.0120. The Morgan fingerprint density at radius 3 is 2.42 bits per heavy atom. The summed E-state index contributed by atoms with van der Waals surface area (Å²) in [4.78, 5) is 59.1. The van der Waals surface area contributed by atoms with Crippen LogP contribution in [0, 0.1) is 0 Å². The quantitative estimate of drug-likeness (QED) is 0.232. The molecule has 1 heterocycles. The van der Waals surface area contributed by atoms with Crippen molar-refractivity contribution in [2.24, 2.45) is 5.73 Å². The van der Waals surface area contributed by atoms with Crippen molar-refractivity contribution in [3.63, 3.8) is 0 Å². The van der Waals surface area contributed by atoms with Crippen LogP contribution in [0.4, 0.5) is 0 Å². The number of aliphatic carboxylic acids is 2. The Morgan fingerprint density at radius 1 is 1.23 bits per heavy atom. The van der Waals surface area contributed by atoms with Gasteiger partial charge >= 0.3 is 11.9 Å². The molecule has 0 aromatic rings. The van der Waals surface area contributed by atoms with Crippen LogP contribution < -0.4 is 16.4 Å². The van der Waals surface area contributed by atoms with E-state index in [2.05, 4.69) is 23.3 Å². The lowest BCUT2D eigenvalue weighted by Crippen LogP contribution is -2.54. The van der Waals surface area contributed by atoms with Gasteiger partial charge in [0.15, 0.2) is 0 Å². The highest BCUT2D eigenvalue weighted by atomic mass is 32.1. The summed E-state index contributed by atoms with van der Waals surface area (Å²) in [6.45, 7) is -0.346. The van der Waals surface area contributed by atoms with Crippen LogP contribution in [-0.4, -0.2) is 81.7 Å². The number of carbonyl (C=O) groups is 5. The SMILES string of the molecule is NC(CS)C(=O)NCC(=O)NC(CC(=O)O)C(=O)N1CCCC1C(=O)O. The van der Waals surface area contributed by atoms with Gasteiger partial charge in [0.2, 0.25) is 17.7 Å². The third-order valence-corrected chi connectivity index (χ3v) is 4.18. The minimum Gasteiger partial charge on any atom is -0.481 e. The van der Waals surface area contributed by atoms with E-state index in [0.29, 0.717) is 6.42 Å². The lowest BCUT2D eigenvalue weighted by molar-refractivity contribution is -0.150. The maximum Gasteiger partial charge on any atom is 0.326 e. The van der Waals surface area contributed by atoms with Gasteiger partial charge < -0.3 is 31.5 Å². The number of thiol groups is 1. The second-order valence-electron chi connectivity index (χ2n) is 5.75. The number of nitrogens with two attached hydrogens (primary N) is 1. The van der Waals surface area contributed by atoms with E-state index in [4.69, 9.17) is 15.9 Å². The molecule has 6 N–H and O–H groups in total. The van der Waals surface area contributed by atoms with Crippen molar-refractivity contribution in [3.8, 4) is 0 Å². The first-order chi connectivity index (χ1) is 12.2. The van der Waals surface area contributed by atoms with Crippen molar-refractivity contribution in [1.82, 2.24) is 15.5 Å². The van der Waals surface area contributed by atoms with E-state index >= 15 is 0 Å². The smallest absolute Gasteiger partial charge is 0.326 e. The van der Waals surface area contributed by atoms with Crippen molar-refractivity contribution >= 4 is 42.3 Å². The summed E-state index contributed by atoms with van der Waals surface area (Å²) in [6, 6.07) is -3.40. The van der Waals surface area contributed by atoms with Gasteiger partial charge in [0.25, 0.3) is 0 Å². The van der Waals surface area contributed by atoms with Gasteiger partial charge in [-0.25, -0.2) is 4.79 Å². The first kappa shape index (κ1) is 21.7. The van der Waals surface area contributed by atoms with Crippen LogP contribution in [0.5, 0.6) is 0 Å². The summed E-state index contributed by atoms with van der Waals surface area (Å²) >= 11 is 3.84. The number of carbonyl (C=O) groups excluding carboxylic acids is 3. The van der Waals surface area contributed by atoms with Crippen molar-refractivity contribution < 1.29 is 34.2 Å². The average molecular weight is 390 g/mol. The first-order valence-electron chi connectivity index (χ1n) is 7.86. The average Bonchev–Trinajstić information content (AvgIpc) is 3.07. The molecule has 0 spiro atoms. The Hall–Kier alpha value is -2.34. The van der Waals surface area contributed by atoms with Crippen LogP contribution in [0.25, 0.3) is 0 Å². The zero-order valence-electron chi connectivity index (χ0n) is 13.9. The number of carboxylic acid groups (broad SMARTS) is 2. The highest BCUT2D eigenvalue weighted by Gasteiger charge is 2.38. The summed E-state index contributed by atoms with van der Waals surface area (Å²) in [5.74, 6) is -4.67. The van der Waals surface area contributed by atoms with Gasteiger partial charge in [0, 0.05) is 12.3 Å². The Bertz CT molecular complexity index is 586. The standard InChI is InChI=1S/C14H22N4O7S/c15-7(6-26)12(22)16-5-10(19)17-8(4-11(20)21)13(23)18-3-1-2-9(18)14(24)25/h7-9,26H,1-6,15H2,(H,16,22)(H,17,19)(H,20,21)(H,24,25).